The summed E-state index contributed by atoms with van der Waals surface area (Å²) in [6.45, 7) is 11.9. The fourth-order valence-corrected chi connectivity index (χ4v) is 2.25. The van der Waals surface area contributed by atoms with E-state index in [0.29, 0.717) is 23.6 Å². The van der Waals surface area contributed by atoms with Crippen molar-refractivity contribution in [3.05, 3.63) is 22.8 Å². The Labute approximate surface area is 133 Å². The molecule has 1 aromatic rings. The Morgan fingerprint density at radius 1 is 1.33 bits per heavy atom. The molecule has 21 heavy (non-hydrogen) atoms. The van der Waals surface area contributed by atoms with E-state index in [2.05, 4.69) is 49.0 Å². The van der Waals surface area contributed by atoms with Crippen molar-refractivity contribution in [2.75, 3.05) is 31.7 Å². The summed E-state index contributed by atoms with van der Waals surface area (Å²) in [5.74, 6) is 1.58. The van der Waals surface area contributed by atoms with Crippen molar-refractivity contribution in [3.8, 4) is 0 Å². The minimum Gasteiger partial charge on any atom is -0.383 e. The topological polar surface area (TPSA) is 37.4 Å². The van der Waals surface area contributed by atoms with Gasteiger partial charge in [0.25, 0.3) is 0 Å². The Morgan fingerprint density at radius 2 is 2.05 bits per heavy atom. The number of pyridine rings is 1. The van der Waals surface area contributed by atoms with Crippen LogP contribution in [0.1, 0.15) is 33.3 Å². The maximum Gasteiger partial charge on any atom is 0.129 e. The zero-order valence-electron chi connectivity index (χ0n) is 13.8. The van der Waals surface area contributed by atoms with E-state index in [9.17, 15) is 0 Å². The molecule has 0 unspecified atom stereocenters. The first-order valence-electron chi connectivity index (χ1n) is 7.56. The van der Waals surface area contributed by atoms with Crippen LogP contribution in [0.2, 0.25) is 5.02 Å². The molecular formula is C16H28ClN3O. The summed E-state index contributed by atoms with van der Waals surface area (Å²) >= 11 is 6.25. The first kappa shape index (κ1) is 18.2. The molecule has 0 bridgehead atoms. The molecule has 0 saturated carbocycles. The van der Waals surface area contributed by atoms with Gasteiger partial charge in [0.15, 0.2) is 0 Å². The van der Waals surface area contributed by atoms with Crippen LogP contribution in [-0.4, -0.2) is 37.8 Å². The van der Waals surface area contributed by atoms with Gasteiger partial charge in [0.2, 0.25) is 0 Å². The molecule has 120 valence electrons. The average molecular weight is 314 g/mol. The predicted octanol–water partition coefficient (Wildman–Crippen LogP) is 3.34. The van der Waals surface area contributed by atoms with E-state index in [-0.39, 0.29) is 0 Å². The highest BCUT2D eigenvalue weighted by atomic mass is 35.5. The van der Waals surface area contributed by atoms with Gasteiger partial charge in [-0.15, -0.1) is 0 Å². The van der Waals surface area contributed by atoms with Crippen LogP contribution in [0, 0.1) is 5.92 Å². The first-order valence-corrected chi connectivity index (χ1v) is 7.94. The highest BCUT2D eigenvalue weighted by molar-refractivity contribution is 6.31. The van der Waals surface area contributed by atoms with E-state index >= 15 is 0 Å². The Balaban J connectivity index is 2.82. The van der Waals surface area contributed by atoms with Gasteiger partial charge >= 0.3 is 0 Å². The summed E-state index contributed by atoms with van der Waals surface area (Å²) in [7, 11) is 1.72. The van der Waals surface area contributed by atoms with Crippen LogP contribution in [0.5, 0.6) is 0 Å². The van der Waals surface area contributed by atoms with Gasteiger partial charge in [0, 0.05) is 32.4 Å². The normalized spacial score (nSPS) is 11.4. The molecule has 5 heteroatoms. The second kappa shape index (κ2) is 9.23. The number of hydrogen-bond acceptors (Lipinski definition) is 4. The van der Waals surface area contributed by atoms with Crippen molar-refractivity contribution in [3.63, 3.8) is 0 Å². The molecule has 0 fully saturated rings. The van der Waals surface area contributed by atoms with Crippen molar-refractivity contribution in [2.45, 2.75) is 40.3 Å². The van der Waals surface area contributed by atoms with E-state index in [1.165, 1.54) is 0 Å². The third-order valence-corrected chi connectivity index (χ3v) is 3.58. The summed E-state index contributed by atoms with van der Waals surface area (Å²) in [6.07, 6.45) is 1.74. The van der Waals surface area contributed by atoms with Crippen molar-refractivity contribution in [1.82, 2.24) is 10.3 Å². The van der Waals surface area contributed by atoms with E-state index < -0.39 is 0 Å². The van der Waals surface area contributed by atoms with Gasteiger partial charge < -0.3 is 15.0 Å². The van der Waals surface area contributed by atoms with Crippen LogP contribution < -0.4 is 10.2 Å². The highest BCUT2D eigenvalue weighted by Gasteiger charge is 2.13. The molecule has 0 amide bonds. The lowest BCUT2D eigenvalue weighted by atomic mass is 10.2. The number of methoxy groups -OCH3 is 1. The number of rotatable bonds is 9. The van der Waals surface area contributed by atoms with Crippen molar-refractivity contribution in [2.24, 2.45) is 5.92 Å². The molecule has 0 radical (unpaired) electrons. The second-order valence-electron chi connectivity index (χ2n) is 5.94. The zero-order chi connectivity index (χ0) is 15.8. The quantitative estimate of drug-likeness (QED) is 0.758. The van der Waals surface area contributed by atoms with Crippen LogP contribution >= 0.6 is 11.6 Å². The molecule has 0 aliphatic heterocycles. The summed E-state index contributed by atoms with van der Waals surface area (Å²) in [5, 5.41) is 4.14. The number of anilines is 1. The van der Waals surface area contributed by atoms with Crippen LogP contribution in [-0.2, 0) is 11.3 Å². The maximum atomic E-state index is 6.25. The minimum atomic E-state index is 0.366. The van der Waals surface area contributed by atoms with Gasteiger partial charge in [-0.2, -0.15) is 0 Å². The van der Waals surface area contributed by atoms with Crippen molar-refractivity contribution < 1.29 is 4.74 Å². The molecule has 1 N–H and O–H groups in total. The van der Waals surface area contributed by atoms with Gasteiger partial charge in [0.1, 0.15) is 5.82 Å². The lowest BCUT2D eigenvalue weighted by Gasteiger charge is -2.28. The van der Waals surface area contributed by atoms with Gasteiger partial charge in [-0.1, -0.05) is 25.4 Å². The Bertz CT molecular complexity index is 424. The van der Waals surface area contributed by atoms with Crippen LogP contribution in [0.3, 0.4) is 0 Å². The van der Waals surface area contributed by atoms with Gasteiger partial charge in [-0.3, -0.25) is 0 Å². The molecule has 0 saturated heterocycles. The lowest BCUT2D eigenvalue weighted by molar-refractivity contribution is 0.203. The van der Waals surface area contributed by atoms with E-state index in [0.717, 1.165) is 31.0 Å². The minimum absolute atomic E-state index is 0.366. The molecule has 4 nitrogen and oxygen atoms in total. The molecule has 1 aromatic heterocycles. The average Bonchev–Trinajstić information content (AvgIpc) is 2.41. The van der Waals surface area contributed by atoms with E-state index in [1.807, 2.05) is 0 Å². The third kappa shape index (κ3) is 6.20. The Hall–Kier alpha value is -0.840. The first-order chi connectivity index (χ1) is 9.95. The lowest BCUT2D eigenvalue weighted by Crippen LogP contribution is -2.34. The number of hydrogen-bond donors (Lipinski definition) is 1. The van der Waals surface area contributed by atoms with Crippen LogP contribution in [0.4, 0.5) is 5.82 Å². The molecule has 1 heterocycles. The van der Waals surface area contributed by atoms with Gasteiger partial charge in [-0.05, 0) is 37.9 Å². The van der Waals surface area contributed by atoms with Crippen LogP contribution in [0.15, 0.2) is 12.3 Å². The summed E-state index contributed by atoms with van der Waals surface area (Å²) < 4.78 is 5.18. The monoisotopic (exact) mass is 313 g/mol. The molecule has 1 rings (SSSR count). The zero-order valence-corrected chi connectivity index (χ0v) is 14.6. The fraction of sp³-hybridized carbons (Fsp3) is 0.688. The molecule has 0 aliphatic carbocycles. The Kier molecular flexibility index (Phi) is 8.01. The van der Waals surface area contributed by atoms with Gasteiger partial charge in [0.05, 0.1) is 11.6 Å². The largest absolute Gasteiger partial charge is 0.383 e. The third-order valence-electron chi connectivity index (χ3n) is 3.24. The summed E-state index contributed by atoms with van der Waals surface area (Å²) in [5.41, 5.74) is 1.09. The van der Waals surface area contributed by atoms with E-state index in [4.69, 9.17) is 16.3 Å². The van der Waals surface area contributed by atoms with E-state index in [1.54, 1.807) is 13.3 Å². The molecular weight excluding hydrogens is 286 g/mol. The van der Waals surface area contributed by atoms with Crippen LogP contribution in [0.25, 0.3) is 0 Å². The molecule has 0 spiro atoms. The summed E-state index contributed by atoms with van der Waals surface area (Å²) in [4.78, 5) is 6.70. The number of halogens is 1. The molecule has 0 atom stereocenters. The molecule has 0 aliphatic rings. The molecule has 0 aromatic carbocycles. The predicted molar refractivity (Wildman–Crippen MR) is 90.1 cm³/mol. The summed E-state index contributed by atoms with van der Waals surface area (Å²) in [6, 6.07) is 2.44. The Morgan fingerprint density at radius 3 is 2.62 bits per heavy atom. The second-order valence-corrected chi connectivity index (χ2v) is 6.35. The maximum absolute atomic E-state index is 6.25. The van der Waals surface area contributed by atoms with Gasteiger partial charge in [-0.25, -0.2) is 4.98 Å². The standard InChI is InChI=1S/C16H28ClN3O/c1-12(2)9-18-10-14-8-16(19-11-15(14)17)20(13(3)4)6-7-21-5/h8,11-13,18H,6-7,9-10H2,1-5H3. The highest BCUT2D eigenvalue weighted by Crippen LogP contribution is 2.22. The number of aromatic nitrogens is 1. The SMILES string of the molecule is COCCN(c1cc(CNCC(C)C)c(Cl)cn1)C(C)C. The number of nitrogens with zero attached hydrogens (tertiary/aromatic N) is 2. The van der Waals surface area contributed by atoms with Crippen molar-refractivity contribution in [1.29, 1.82) is 0 Å². The smallest absolute Gasteiger partial charge is 0.129 e. The fourth-order valence-electron chi connectivity index (χ4n) is 2.08. The number of nitrogens with one attached hydrogen (secondary N) is 1. The van der Waals surface area contributed by atoms with Crippen molar-refractivity contribution >= 4 is 17.4 Å². The number of ether oxygens (including phenoxy) is 1.